The monoisotopic (exact) mass is 598 g/mol. The Kier molecular flexibility index (Phi) is 7.83. The lowest BCUT2D eigenvalue weighted by atomic mass is 10.0. The van der Waals surface area contributed by atoms with Gasteiger partial charge in [0.1, 0.15) is 34.1 Å². The van der Waals surface area contributed by atoms with E-state index in [1.165, 1.54) is 18.4 Å². The summed E-state index contributed by atoms with van der Waals surface area (Å²) in [4.78, 5) is 19.1. The van der Waals surface area contributed by atoms with Gasteiger partial charge < -0.3 is 19.1 Å². The molecule has 2 heterocycles. The van der Waals surface area contributed by atoms with Crippen LogP contribution in [-0.2, 0) is 4.74 Å². The van der Waals surface area contributed by atoms with Gasteiger partial charge in [0.25, 0.3) is 0 Å². The van der Waals surface area contributed by atoms with Gasteiger partial charge in [-0.25, -0.2) is 9.78 Å². The van der Waals surface area contributed by atoms with Gasteiger partial charge in [-0.3, -0.25) is 0 Å². The van der Waals surface area contributed by atoms with Crippen molar-refractivity contribution in [2.75, 3.05) is 18.8 Å². The van der Waals surface area contributed by atoms with Gasteiger partial charge in [0, 0.05) is 11.5 Å². The Morgan fingerprint density at radius 1 is 1.18 bits per heavy atom. The fourth-order valence-corrected chi connectivity index (χ4v) is 5.89. The normalized spacial score (nSPS) is 16.7. The van der Waals surface area contributed by atoms with Gasteiger partial charge in [0.05, 0.1) is 17.6 Å². The molecule has 202 valence electrons. The Morgan fingerprint density at radius 3 is 2.53 bits per heavy atom. The number of hydrogen-bond donors (Lipinski definition) is 0. The first-order chi connectivity index (χ1) is 18.1. The molecule has 0 unspecified atom stereocenters. The molecule has 5 rings (SSSR count). The predicted molar refractivity (Wildman–Crippen MR) is 156 cm³/mol. The number of ether oxygens (including phenoxy) is 3. The van der Waals surface area contributed by atoms with Crippen molar-refractivity contribution in [3.8, 4) is 11.5 Å². The van der Waals surface area contributed by atoms with Crippen LogP contribution in [0.3, 0.4) is 0 Å². The number of pyridine rings is 1. The van der Waals surface area contributed by atoms with Crippen LogP contribution < -0.4 is 9.47 Å². The zero-order valence-electron chi connectivity index (χ0n) is 22.6. The highest BCUT2D eigenvalue weighted by Gasteiger charge is 2.36. The number of rotatable bonds is 8. The van der Waals surface area contributed by atoms with Crippen molar-refractivity contribution in [1.82, 2.24) is 9.88 Å². The van der Waals surface area contributed by atoms with Crippen LogP contribution in [-0.4, -0.2) is 46.5 Å². The highest BCUT2D eigenvalue weighted by atomic mass is 79.9. The van der Waals surface area contributed by atoms with Gasteiger partial charge in [-0.2, -0.15) is 0 Å². The second-order valence-electron chi connectivity index (χ2n) is 11.0. The number of aromatic nitrogens is 1. The maximum absolute atomic E-state index is 12.4. The minimum absolute atomic E-state index is 0.103. The first-order valence-electron chi connectivity index (χ1n) is 13.3. The molecule has 2 fully saturated rings. The summed E-state index contributed by atoms with van der Waals surface area (Å²) in [7, 11) is 0. The van der Waals surface area contributed by atoms with E-state index >= 15 is 0 Å². The molecular weight excluding hydrogens is 564 g/mol. The van der Waals surface area contributed by atoms with Crippen molar-refractivity contribution < 1.29 is 19.0 Å². The summed E-state index contributed by atoms with van der Waals surface area (Å²) >= 11 is 5.56. The number of amides is 1. The first-order valence-corrected chi connectivity index (χ1v) is 15.1. The second-order valence-corrected chi connectivity index (χ2v) is 13.0. The number of carbonyl (C=O) groups excluding carboxylic acids is 1. The molecule has 0 bridgehead atoms. The van der Waals surface area contributed by atoms with E-state index in [0.29, 0.717) is 19.0 Å². The lowest BCUT2D eigenvalue weighted by molar-refractivity contribution is -0.0218. The van der Waals surface area contributed by atoms with Crippen LogP contribution in [0.5, 0.6) is 11.5 Å². The number of halogens is 1. The minimum Gasteiger partial charge on any atom is -0.486 e. The van der Waals surface area contributed by atoms with Gasteiger partial charge in [-0.05, 0) is 85.3 Å². The van der Waals surface area contributed by atoms with Gasteiger partial charge in [-0.1, -0.05) is 37.3 Å². The number of benzene rings is 2. The number of nitrogens with zero attached hydrogens (tertiary/aromatic N) is 2. The smallest absolute Gasteiger partial charge is 0.410 e. The van der Waals surface area contributed by atoms with E-state index in [-0.39, 0.29) is 18.3 Å². The Bertz CT molecular complexity index is 1320. The number of thioether (sulfide) groups is 1. The molecule has 0 spiro atoms. The summed E-state index contributed by atoms with van der Waals surface area (Å²) in [5.74, 6) is 2.94. The first kappa shape index (κ1) is 27.1. The van der Waals surface area contributed by atoms with E-state index in [0.717, 1.165) is 43.2 Å². The zero-order valence-corrected chi connectivity index (χ0v) is 25.0. The number of fused-ring (bicyclic) bond motifs is 1. The third-order valence-corrected chi connectivity index (χ3v) is 8.24. The Labute approximate surface area is 237 Å². The topological polar surface area (TPSA) is 60.9 Å². The molecule has 8 heteroatoms. The molecular formula is C30H35BrN2O4S. The van der Waals surface area contributed by atoms with Crippen LogP contribution >= 0.6 is 27.7 Å². The molecule has 1 atom stereocenters. The summed E-state index contributed by atoms with van der Waals surface area (Å²) in [6.45, 7) is 10.8. The molecule has 2 aromatic carbocycles. The molecule has 1 saturated carbocycles. The van der Waals surface area contributed by atoms with E-state index in [2.05, 4.69) is 48.0 Å². The lowest BCUT2D eigenvalue weighted by Crippen LogP contribution is -2.57. The third-order valence-electron chi connectivity index (χ3n) is 6.63. The average Bonchev–Trinajstić information content (AvgIpc) is 3.67. The molecule has 1 saturated heterocycles. The second kappa shape index (κ2) is 11.0. The molecule has 3 aromatic rings. The van der Waals surface area contributed by atoms with Crippen molar-refractivity contribution in [3.63, 3.8) is 0 Å². The van der Waals surface area contributed by atoms with Crippen LogP contribution in [0.2, 0.25) is 0 Å². The Balaban J connectivity index is 1.49. The molecule has 1 aromatic heterocycles. The van der Waals surface area contributed by atoms with E-state index in [4.69, 9.17) is 19.2 Å². The SMILES string of the molecule is CCSc1cc(OC2CN(C(=O)OC(C)(C)C)C2)c2cc(C3CC3)c(Br)c(O[C@@H](C)c3ccccc3)c2n1. The summed E-state index contributed by atoms with van der Waals surface area (Å²) in [6, 6.07) is 14.5. The molecule has 0 N–H and O–H groups in total. The van der Waals surface area contributed by atoms with Crippen LogP contribution in [0, 0.1) is 0 Å². The van der Waals surface area contributed by atoms with Crippen molar-refractivity contribution in [2.45, 2.75) is 76.2 Å². The van der Waals surface area contributed by atoms with E-state index in [1.54, 1.807) is 16.7 Å². The quantitative estimate of drug-likeness (QED) is 0.244. The zero-order chi connectivity index (χ0) is 27.0. The molecule has 1 aliphatic heterocycles. The van der Waals surface area contributed by atoms with Crippen molar-refractivity contribution in [2.24, 2.45) is 0 Å². The van der Waals surface area contributed by atoms with Gasteiger partial charge >= 0.3 is 6.09 Å². The average molecular weight is 600 g/mol. The molecule has 1 aliphatic carbocycles. The van der Waals surface area contributed by atoms with Gasteiger partial charge in [0.2, 0.25) is 0 Å². The predicted octanol–water partition coefficient (Wildman–Crippen LogP) is 8.12. The molecule has 1 amide bonds. The van der Waals surface area contributed by atoms with Gasteiger partial charge in [-0.15, -0.1) is 11.8 Å². The minimum atomic E-state index is -0.517. The largest absolute Gasteiger partial charge is 0.486 e. The Hall–Kier alpha value is -2.45. The standard InChI is InChI=1S/C30H35BrN2O4S/c1-6-38-25-15-24(36-21-16-33(17-21)29(34)37-30(3,4)5)23-14-22(20-12-13-20)26(31)28(27(23)32-25)35-18(2)19-10-8-7-9-11-19/h7-11,14-15,18,20-21H,6,12-13,16-17H2,1-5H3/t18-/m0/s1. The summed E-state index contributed by atoms with van der Waals surface area (Å²) in [5.41, 5.74) is 2.62. The lowest BCUT2D eigenvalue weighted by Gasteiger charge is -2.39. The molecule has 6 nitrogen and oxygen atoms in total. The summed E-state index contributed by atoms with van der Waals surface area (Å²) in [6.07, 6.45) is 1.78. The van der Waals surface area contributed by atoms with Crippen LogP contribution in [0.15, 0.2) is 52.0 Å². The van der Waals surface area contributed by atoms with Gasteiger partial charge in [0.15, 0.2) is 5.75 Å². The summed E-state index contributed by atoms with van der Waals surface area (Å²) in [5, 5.41) is 1.84. The van der Waals surface area contributed by atoms with Crippen LogP contribution in [0.4, 0.5) is 4.79 Å². The number of hydrogen-bond acceptors (Lipinski definition) is 6. The maximum atomic E-state index is 12.4. The van der Waals surface area contributed by atoms with E-state index < -0.39 is 5.60 Å². The molecule has 0 radical (unpaired) electrons. The van der Waals surface area contributed by atoms with Crippen molar-refractivity contribution in [1.29, 1.82) is 0 Å². The fraction of sp³-hybridized carbons (Fsp3) is 0.467. The van der Waals surface area contributed by atoms with Crippen LogP contribution in [0.1, 0.15) is 70.6 Å². The third kappa shape index (κ3) is 6.07. The Morgan fingerprint density at radius 2 is 1.89 bits per heavy atom. The summed E-state index contributed by atoms with van der Waals surface area (Å²) < 4.78 is 19.7. The highest BCUT2D eigenvalue weighted by Crippen LogP contribution is 2.50. The number of likely N-dealkylation sites (tertiary alicyclic amines) is 1. The fourth-order valence-electron chi connectivity index (χ4n) is 4.53. The van der Waals surface area contributed by atoms with Crippen molar-refractivity contribution >= 4 is 44.7 Å². The van der Waals surface area contributed by atoms with E-state index in [1.807, 2.05) is 45.0 Å². The molecule has 2 aliphatic rings. The van der Waals surface area contributed by atoms with E-state index in [9.17, 15) is 4.79 Å². The number of carbonyl (C=O) groups is 1. The van der Waals surface area contributed by atoms with Crippen molar-refractivity contribution in [3.05, 3.63) is 58.1 Å². The maximum Gasteiger partial charge on any atom is 0.410 e. The molecule has 38 heavy (non-hydrogen) atoms. The van der Waals surface area contributed by atoms with Crippen LogP contribution in [0.25, 0.3) is 10.9 Å². The highest BCUT2D eigenvalue weighted by molar-refractivity contribution is 9.10.